The second kappa shape index (κ2) is 6.43. The molecule has 5 N–H and O–H groups in total. The molecule has 1 rings (SSSR count). The van der Waals surface area contributed by atoms with Crippen molar-refractivity contribution in [3.8, 4) is 5.88 Å². The number of carbonyl (C=O) groups excluding carboxylic acids is 1. The van der Waals surface area contributed by atoms with Gasteiger partial charge in [-0.05, 0) is 18.6 Å². The number of hydrogen-bond donors (Lipinski definition) is 3. The fraction of sp³-hybridized carbons (Fsp3) is 0.500. The van der Waals surface area contributed by atoms with Gasteiger partial charge in [0, 0.05) is 6.42 Å². The van der Waals surface area contributed by atoms with Gasteiger partial charge in [0.25, 0.3) is 5.91 Å². The average molecular weight is 360 g/mol. The molecule has 0 saturated carbocycles. The Bertz CT molecular complexity index is 627. The molecule has 0 aliphatic rings. The summed E-state index contributed by atoms with van der Waals surface area (Å²) >= 11 is 0. The number of halogens is 6. The third-order valence-electron chi connectivity index (χ3n) is 3.12. The van der Waals surface area contributed by atoms with E-state index < -0.39 is 52.9 Å². The molecule has 1 amide bonds. The summed E-state index contributed by atoms with van der Waals surface area (Å²) in [5, 5.41) is 0. The van der Waals surface area contributed by atoms with Gasteiger partial charge in [-0.1, -0.05) is 0 Å². The number of alkyl halides is 6. The van der Waals surface area contributed by atoms with E-state index >= 15 is 0 Å². The molecule has 0 aliphatic heterocycles. The number of nitrogens with zero attached hydrogens (tertiary/aromatic N) is 1. The summed E-state index contributed by atoms with van der Waals surface area (Å²) in [6.07, 6.45) is -11.0. The molecule has 0 bridgehead atoms. The predicted molar refractivity (Wildman–Crippen MR) is 69.8 cm³/mol. The minimum absolute atomic E-state index is 0.341. The maximum Gasteiger partial charge on any atom is 0.421 e. The van der Waals surface area contributed by atoms with E-state index in [0.717, 1.165) is 7.11 Å². The van der Waals surface area contributed by atoms with Crippen molar-refractivity contribution in [1.82, 2.24) is 10.4 Å². The average Bonchev–Trinajstić information content (AvgIpc) is 2.43. The maximum atomic E-state index is 13.0. The molecule has 1 heterocycles. The first-order chi connectivity index (χ1) is 10.7. The van der Waals surface area contributed by atoms with Crippen molar-refractivity contribution in [2.45, 2.75) is 31.2 Å². The fourth-order valence-corrected chi connectivity index (χ4v) is 1.79. The van der Waals surface area contributed by atoms with Crippen molar-refractivity contribution in [3.63, 3.8) is 0 Å². The number of methoxy groups -OCH3 is 1. The number of aromatic nitrogens is 1. The molecule has 12 heteroatoms. The summed E-state index contributed by atoms with van der Waals surface area (Å²) < 4.78 is 82.1. The van der Waals surface area contributed by atoms with Crippen molar-refractivity contribution >= 4 is 5.91 Å². The Morgan fingerprint density at radius 1 is 1.29 bits per heavy atom. The second-order valence-electron chi connectivity index (χ2n) is 5.12. The van der Waals surface area contributed by atoms with Gasteiger partial charge in [0.1, 0.15) is 16.8 Å². The number of carbonyl (C=O) groups is 1. The fourth-order valence-electron chi connectivity index (χ4n) is 1.79. The van der Waals surface area contributed by atoms with Crippen LogP contribution in [0.25, 0.3) is 0 Å². The Labute approximate surface area is 132 Å². The third-order valence-corrected chi connectivity index (χ3v) is 3.12. The normalized spacial score (nSPS) is 14.9. The van der Waals surface area contributed by atoms with Crippen LogP contribution in [-0.2, 0) is 12.6 Å². The molecule has 1 atom stereocenters. The summed E-state index contributed by atoms with van der Waals surface area (Å²) in [4.78, 5) is 15.0. The van der Waals surface area contributed by atoms with Gasteiger partial charge >= 0.3 is 12.4 Å². The number of pyridine rings is 1. The van der Waals surface area contributed by atoms with Gasteiger partial charge in [-0.2, -0.15) is 26.3 Å². The molecule has 6 nitrogen and oxygen atoms in total. The number of ether oxygens (including phenoxy) is 1. The van der Waals surface area contributed by atoms with Crippen LogP contribution < -0.4 is 21.7 Å². The number of hydrogen-bond acceptors (Lipinski definition) is 5. The number of hydrazine groups is 1. The lowest BCUT2D eigenvalue weighted by molar-refractivity contribution is -0.180. The third kappa shape index (κ3) is 4.06. The molecule has 1 aromatic heterocycles. The van der Waals surface area contributed by atoms with Crippen LogP contribution in [0.3, 0.4) is 0 Å². The van der Waals surface area contributed by atoms with Crippen LogP contribution in [0.1, 0.15) is 28.5 Å². The quantitative estimate of drug-likeness (QED) is 0.327. The monoisotopic (exact) mass is 360 g/mol. The van der Waals surface area contributed by atoms with Gasteiger partial charge in [0.15, 0.2) is 0 Å². The van der Waals surface area contributed by atoms with Crippen LogP contribution in [0.5, 0.6) is 5.88 Å². The van der Waals surface area contributed by atoms with E-state index in [1.54, 1.807) is 5.43 Å². The first-order valence-corrected chi connectivity index (χ1v) is 6.26. The Kier molecular flexibility index (Phi) is 5.35. The smallest absolute Gasteiger partial charge is 0.421 e. The summed E-state index contributed by atoms with van der Waals surface area (Å²) in [5.41, 5.74) is 0.982. The first-order valence-electron chi connectivity index (χ1n) is 6.26. The molecule has 136 valence electrons. The van der Waals surface area contributed by atoms with E-state index in [4.69, 9.17) is 11.6 Å². The van der Waals surface area contributed by atoms with E-state index in [9.17, 15) is 31.1 Å². The van der Waals surface area contributed by atoms with Crippen molar-refractivity contribution < 1.29 is 35.9 Å². The molecule has 0 spiro atoms. The summed E-state index contributed by atoms with van der Waals surface area (Å²) in [7, 11) is 0.865. The zero-order chi connectivity index (χ0) is 18.9. The van der Waals surface area contributed by atoms with Crippen LogP contribution in [-0.4, -0.2) is 29.7 Å². The summed E-state index contributed by atoms with van der Waals surface area (Å²) in [6, 6.07) is 0.341. The van der Waals surface area contributed by atoms with Crippen LogP contribution in [0.2, 0.25) is 0 Å². The first kappa shape index (κ1) is 20.0. The molecule has 0 aliphatic carbocycles. The largest absolute Gasteiger partial charge is 0.481 e. The zero-order valence-electron chi connectivity index (χ0n) is 12.5. The minimum atomic E-state index is -4.96. The molecular formula is C12H14F6N4O2. The van der Waals surface area contributed by atoms with Gasteiger partial charge in [-0.3, -0.25) is 10.2 Å². The van der Waals surface area contributed by atoms with Crippen LogP contribution in [0, 0.1) is 0 Å². The highest BCUT2D eigenvalue weighted by molar-refractivity contribution is 5.93. The standard InChI is InChI=1S/C12H14F6N4O2/c1-10(19,12(16,17)18)4-5-3-6(11(13,14)15)9(24-2)21-7(5)8(23)22-20/h3H,4,19-20H2,1-2H3,(H,22,23). The lowest BCUT2D eigenvalue weighted by atomic mass is 9.91. The molecule has 0 fully saturated rings. The highest BCUT2D eigenvalue weighted by atomic mass is 19.4. The lowest BCUT2D eigenvalue weighted by Gasteiger charge is -2.28. The Balaban J connectivity index is 3.58. The van der Waals surface area contributed by atoms with Crippen molar-refractivity contribution in [2.75, 3.05) is 7.11 Å². The number of rotatable bonds is 4. The molecule has 1 unspecified atom stereocenters. The Morgan fingerprint density at radius 2 is 1.83 bits per heavy atom. The zero-order valence-corrected chi connectivity index (χ0v) is 12.5. The van der Waals surface area contributed by atoms with Crippen LogP contribution in [0.15, 0.2) is 6.07 Å². The minimum Gasteiger partial charge on any atom is -0.481 e. The lowest BCUT2D eigenvalue weighted by Crippen LogP contribution is -2.52. The number of amides is 1. The van der Waals surface area contributed by atoms with E-state index in [1.807, 2.05) is 0 Å². The summed E-state index contributed by atoms with van der Waals surface area (Å²) in [6.45, 7) is 0.578. The molecule has 0 saturated heterocycles. The molecule has 0 aromatic carbocycles. The topological polar surface area (TPSA) is 103 Å². The second-order valence-corrected chi connectivity index (χ2v) is 5.12. The molecular weight excluding hydrogens is 346 g/mol. The van der Waals surface area contributed by atoms with Crippen molar-refractivity contribution in [3.05, 3.63) is 22.9 Å². The van der Waals surface area contributed by atoms with Crippen molar-refractivity contribution in [1.29, 1.82) is 0 Å². The van der Waals surface area contributed by atoms with Gasteiger partial charge < -0.3 is 10.5 Å². The Hall–Kier alpha value is -2.08. The highest BCUT2D eigenvalue weighted by Gasteiger charge is 2.49. The van der Waals surface area contributed by atoms with Gasteiger partial charge in [-0.25, -0.2) is 10.8 Å². The highest BCUT2D eigenvalue weighted by Crippen LogP contribution is 2.38. The van der Waals surface area contributed by atoms with Crippen LogP contribution in [0.4, 0.5) is 26.3 Å². The van der Waals surface area contributed by atoms with Gasteiger partial charge in [0.05, 0.1) is 7.11 Å². The number of nitrogens with two attached hydrogens (primary N) is 2. The number of nitrogens with one attached hydrogen (secondary N) is 1. The molecule has 0 radical (unpaired) electrons. The van der Waals surface area contributed by atoms with Gasteiger partial charge in [-0.15, -0.1) is 0 Å². The predicted octanol–water partition coefficient (Wildman–Crippen LogP) is 1.53. The Morgan fingerprint density at radius 3 is 2.21 bits per heavy atom. The molecule has 24 heavy (non-hydrogen) atoms. The van der Waals surface area contributed by atoms with E-state index in [2.05, 4.69) is 9.72 Å². The van der Waals surface area contributed by atoms with Gasteiger partial charge in [0.2, 0.25) is 5.88 Å². The SMILES string of the molecule is COc1nc(C(=O)NN)c(CC(C)(N)C(F)(F)F)cc1C(F)(F)F. The van der Waals surface area contributed by atoms with Crippen molar-refractivity contribution in [2.24, 2.45) is 11.6 Å². The summed E-state index contributed by atoms with van der Waals surface area (Å²) in [5.74, 6) is 2.72. The van der Waals surface area contributed by atoms with Crippen LogP contribution >= 0.6 is 0 Å². The number of nitrogen functional groups attached to an aromatic ring is 1. The van der Waals surface area contributed by atoms with E-state index in [0.29, 0.717) is 13.0 Å². The van der Waals surface area contributed by atoms with E-state index in [-0.39, 0.29) is 0 Å². The molecule has 1 aromatic rings. The maximum absolute atomic E-state index is 13.0. The van der Waals surface area contributed by atoms with E-state index in [1.165, 1.54) is 0 Å².